The molecule has 0 aliphatic heterocycles. The Morgan fingerprint density at radius 2 is 2.38 bits per heavy atom. The van der Waals surface area contributed by atoms with Crippen LogP contribution in [-0.2, 0) is 0 Å². The van der Waals surface area contributed by atoms with Crippen LogP contribution in [0.15, 0.2) is 23.6 Å². The largest absolute Gasteiger partial charge is 0.215 e. The molecule has 2 aromatic heterocycles. The number of aryl methyl sites for hydroxylation is 1. The van der Waals surface area contributed by atoms with Gasteiger partial charge in [-0.2, -0.15) is 5.10 Å². The highest BCUT2D eigenvalue weighted by molar-refractivity contribution is 5.48. The van der Waals surface area contributed by atoms with E-state index < -0.39 is 0 Å². The fourth-order valence-corrected chi connectivity index (χ4v) is 1.15. The molecule has 0 atom stereocenters. The third-order valence-corrected chi connectivity index (χ3v) is 1.65. The summed E-state index contributed by atoms with van der Waals surface area (Å²) >= 11 is 0. The Kier molecular flexibility index (Phi) is 1.61. The Balaban J connectivity index is 2.84. The van der Waals surface area contributed by atoms with Crippen molar-refractivity contribution in [2.45, 2.75) is 6.92 Å². The maximum Gasteiger partial charge on any atom is 0.156 e. The van der Waals surface area contributed by atoms with Crippen LogP contribution >= 0.6 is 0 Å². The summed E-state index contributed by atoms with van der Waals surface area (Å²) in [5.41, 5.74) is 9.98. The quantitative estimate of drug-likeness (QED) is 0.376. The zero-order valence-electron chi connectivity index (χ0n) is 6.92. The number of fused-ring (bicyclic) bond motifs is 1. The molecule has 0 unspecified atom stereocenters. The number of nitrogens with zero attached hydrogens (tertiary/aromatic N) is 6. The SMILES string of the molecule is Cc1cc(N=[N+]=[N-])n2ncnc2c1. The van der Waals surface area contributed by atoms with Gasteiger partial charge in [-0.05, 0) is 35.3 Å². The van der Waals surface area contributed by atoms with Gasteiger partial charge in [0.25, 0.3) is 0 Å². The molecular formula is C7H6N6. The second-order valence-corrected chi connectivity index (χ2v) is 2.61. The summed E-state index contributed by atoms with van der Waals surface area (Å²) in [6, 6.07) is 3.62. The second-order valence-electron chi connectivity index (χ2n) is 2.61. The van der Waals surface area contributed by atoms with Gasteiger partial charge < -0.3 is 0 Å². The fourth-order valence-electron chi connectivity index (χ4n) is 1.15. The summed E-state index contributed by atoms with van der Waals surface area (Å²) in [6.07, 6.45) is 1.42. The number of pyridine rings is 1. The Bertz CT molecular complexity index is 493. The summed E-state index contributed by atoms with van der Waals surface area (Å²) in [7, 11) is 0. The molecule has 0 N–H and O–H groups in total. The van der Waals surface area contributed by atoms with Crippen LogP contribution < -0.4 is 0 Å². The van der Waals surface area contributed by atoms with Crippen LogP contribution in [0.1, 0.15) is 5.56 Å². The molecule has 0 saturated carbocycles. The Hall–Kier alpha value is -2.07. The highest BCUT2D eigenvalue weighted by Crippen LogP contribution is 2.15. The summed E-state index contributed by atoms with van der Waals surface area (Å²) in [6.45, 7) is 1.91. The summed E-state index contributed by atoms with van der Waals surface area (Å²) in [5.74, 6) is 0.454. The lowest BCUT2D eigenvalue weighted by molar-refractivity contribution is 0.951. The van der Waals surface area contributed by atoms with Gasteiger partial charge in [0.2, 0.25) is 0 Å². The molecule has 2 heterocycles. The minimum Gasteiger partial charge on any atom is -0.215 e. The molecule has 0 aliphatic carbocycles. The molecule has 0 saturated heterocycles. The lowest BCUT2D eigenvalue weighted by atomic mass is 10.3. The van der Waals surface area contributed by atoms with E-state index in [4.69, 9.17) is 5.53 Å². The molecule has 0 fully saturated rings. The van der Waals surface area contributed by atoms with E-state index in [-0.39, 0.29) is 0 Å². The number of aromatic nitrogens is 3. The summed E-state index contributed by atoms with van der Waals surface area (Å²) in [4.78, 5) is 6.70. The van der Waals surface area contributed by atoms with Crippen molar-refractivity contribution >= 4 is 11.5 Å². The molecule has 2 aromatic rings. The predicted molar refractivity (Wildman–Crippen MR) is 46.5 cm³/mol. The van der Waals surface area contributed by atoms with E-state index in [1.165, 1.54) is 10.8 Å². The molecule has 2 rings (SSSR count). The van der Waals surface area contributed by atoms with E-state index in [2.05, 4.69) is 20.1 Å². The highest BCUT2D eigenvalue weighted by atomic mass is 15.3. The van der Waals surface area contributed by atoms with Gasteiger partial charge in [-0.25, -0.2) is 9.50 Å². The van der Waals surface area contributed by atoms with Gasteiger partial charge in [-0.1, -0.05) is 0 Å². The third kappa shape index (κ3) is 1.19. The van der Waals surface area contributed by atoms with Crippen molar-refractivity contribution in [3.63, 3.8) is 0 Å². The molecule has 6 nitrogen and oxygen atoms in total. The van der Waals surface area contributed by atoms with Gasteiger partial charge in [0.15, 0.2) is 5.65 Å². The van der Waals surface area contributed by atoms with Crippen LogP contribution in [0.4, 0.5) is 5.82 Å². The van der Waals surface area contributed by atoms with E-state index in [9.17, 15) is 0 Å². The van der Waals surface area contributed by atoms with Gasteiger partial charge in [0.05, 0.1) is 0 Å². The smallest absolute Gasteiger partial charge is 0.156 e. The van der Waals surface area contributed by atoms with Crippen molar-refractivity contribution in [1.29, 1.82) is 0 Å². The zero-order chi connectivity index (χ0) is 9.26. The van der Waals surface area contributed by atoms with E-state index in [0.717, 1.165) is 5.56 Å². The van der Waals surface area contributed by atoms with Crippen molar-refractivity contribution in [3.05, 3.63) is 34.5 Å². The molecule has 64 valence electrons. The van der Waals surface area contributed by atoms with Crippen molar-refractivity contribution in [1.82, 2.24) is 14.6 Å². The lowest BCUT2D eigenvalue weighted by Crippen LogP contribution is -1.88. The normalized spacial score (nSPS) is 9.92. The molecular weight excluding hydrogens is 168 g/mol. The Morgan fingerprint density at radius 3 is 3.15 bits per heavy atom. The molecule has 0 amide bonds. The van der Waals surface area contributed by atoms with Crippen LogP contribution in [0.25, 0.3) is 16.1 Å². The van der Waals surface area contributed by atoms with Crippen molar-refractivity contribution in [2.24, 2.45) is 5.11 Å². The maximum atomic E-state index is 8.30. The topological polar surface area (TPSA) is 79.0 Å². The Morgan fingerprint density at radius 1 is 1.54 bits per heavy atom. The van der Waals surface area contributed by atoms with Gasteiger partial charge in [0.1, 0.15) is 12.1 Å². The molecule has 0 spiro atoms. The van der Waals surface area contributed by atoms with Crippen molar-refractivity contribution in [2.75, 3.05) is 0 Å². The van der Waals surface area contributed by atoms with Gasteiger partial charge in [-0.15, -0.1) is 0 Å². The van der Waals surface area contributed by atoms with Crippen LogP contribution in [0.3, 0.4) is 0 Å². The van der Waals surface area contributed by atoms with E-state index in [1.807, 2.05) is 13.0 Å². The van der Waals surface area contributed by atoms with Gasteiger partial charge in [0, 0.05) is 4.91 Å². The second kappa shape index (κ2) is 2.76. The third-order valence-electron chi connectivity index (χ3n) is 1.65. The van der Waals surface area contributed by atoms with Crippen molar-refractivity contribution in [3.8, 4) is 0 Å². The van der Waals surface area contributed by atoms with Gasteiger partial charge in [-0.3, -0.25) is 0 Å². The number of azide groups is 1. The fraction of sp³-hybridized carbons (Fsp3) is 0.143. The molecule has 0 bridgehead atoms. The minimum atomic E-state index is 0.454. The summed E-state index contributed by atoms with van der Waals surface area (Å²) < 4.78 is 1.49. The van der Waals surface area contributed by atoms with Crippen LogP contribution in [0, 0.1) is 6.92 Å². The standard InChI is InChI=1S/C7H6N6/c1-5-2-6-9-4-10-13(6)7(3-5)11-12-8/h2-4H,1H3. The number of hydrogen-bond donors (Lipinski definition) is 0. The molecule has 0 aromatic carbocycles. The first-order valence-corrected chi connectivity index (χ1v) is 3.67. The number of rotatable bonds is 1. The monoisotopic (exact) mass is 174 g/mol. The maximum absolute atomic E-state index is 8.30. The minimum absolute atomic E-state index is 0.454. The van der Waals surface area contributed by atoms with E-state index >= 15 is 0 Å². The van der Waals surface area contributed by atoms with E-state index in [1.54, 1.807) is 6.07 Å². The van der Waals surface area contributed by atoms with Crippen molar-refractivity contribution < 1.29 is 0 Å². The Labute approximate surface area is 73.5 Å². The lowest BCUT2D eigenvalue weighted by Gasteiger charge is -1.98. The molecule has 0 radical (unpaired) electrons. The average molecular weight is 174 g/mol. The van der Waals surface area contributed by atoms with Crippen LogP contribution in [-0.4, -0.2) is 14.6 Å². The zero-order valence-corrected chi connectivity index (χ0v) is 6.92. The van der Waals surface area contributed by atoms with E-state index in [0.29, 0.717) is 11.5 Å². The predicted octanol–water partition coefficient (Wildman–Crippen LogP) is 1.98. The van der Waals surface area contributed by atoms with Crippen LogP contribution in [0.5, 0.6) is 0 Å². The van der Waals surface area contributed by atoms with Gasteiger partial charge >= 0.3 is 0 Å². The first-order valence-electron chi connectivity index (χ1n) is 3.67. The highest BCUT2D eigenvalue weighted by Gasteiger charge is 2.00. The first kappa shape index (κ1) is 7.57. The van der Waals surface area contributed by atoms with Crippen LogP contribution in [0.2, 0.25) is 0 Å². The molecule has 0 aliphatic rings. The number of hydrogen-bond acceptors (Lipinski definition) is 3. The first-order chi connectivity index (χ1) is 6.31. The summed E-state index contributed by atoms with van der Waals surface area (Å²) in [5, 5.41) is 7.43. The molecule has 13 heavy (non-hydrogen) atoms. The molecule has 6 heteroatoms. The average Bonchev–Trinajstić information content (AvgIpc) is 2.52.